The highest BCUT2D eigenvalue weighted by Gasteiger charge is 1.99. The van der Waals surface area contributed by atoms with Crippen molar-refractivity contribution >= 4 is 33.9 Å². The molecule has 10 heteroatoms. The quantitative estimate of drug-likeness (QED) is 0.0467. The number of hydrogen-bond acceptors (Lipinski definition) is 8. The second-order valence-corrected chi connectivity index (χ2v) is 12.2. The summed E-state index contributed by atoms with van der Waals surface area (Å²) in [7, 11) is 4.10. The van der Waals surface area contributed by atoms with Crippen molar-refractivity contribution in [1.29, 1.82) is 0 Å². The van der Waals surface area contributed by atoms with Crippen LogP contribution >= 0.6 is 21.6 Å². The molecule has 0 saturated carbocycles. The SMILES string of the molecule is O=C(O)OCCOCCCCCCCCCCCSSCCCCCCCCCCCOCCOC(=O)O. The predicted molar refractivity (Wildman–Crippen MR) is 158 cm³/mol. The van der Waals surface area contributed by atoms with Crippen LogP contribution in [-0.2, 0) is 18.9 Å². The maximum Gasteiger partial charge on any atom is 0.505 e. The summed E-state index contributed by atoms with van der Waals surface area (Å²) in [5.41, 5.74) is 0. The van der Waals surface area contributed by atoms with Crippen LogP contribution in [0.2, 0.25) is 0 Å². The molecule has 0 fully saturated rings. The van der Waals surface area contributed by atoms with Gasteiger partial charge in [0.25, 0.3) is 0 Å². The van der Waals surface area contributed by atoms with Crippen LogP contribution in [0.5, 0.6) is 0 Å². The molecule has 0 radical (unpaired) electrons. The molecular formula is C28H54O8S2. The number of hydrogen-bond donors (Lipinski definition) is 2. The fraction of sp³-hybridized carbons (Fsp3) is 0.929. The van der Waals surface area contributed by atoms with Crippen molar-refractivity contribution in [2.24, 2.45) is 0 Å². The lowest BCUT2D eigenvalue weighted by molar-refractivity contribution is 0.0463. The molecule has 0 aromatic carbocycles. The zero-order chi connectivity index (χ0) is 27.8. The van der Waals surface area contributed by atoms with E-state index in [9.17, 15) is 9.59 Å². The predicted octanol–water partition coefficient (Wildman–Crippen LogP) is 8.81. The van der Waals surface area contributed by atoms with Gasteiger partial charge in [0.05, 0.1) is 13.2 Å². The normalized spacial score (nSPS) is 11.1. The van der Waals surface area contributed by atoms with Gasteiger partial charge < -0.3 is 29.2 Å². The molecule has 0 aromatic rings. The molecule has 0 saturated heterocycles. The van der Waals surface area contributed by atoms with Gasteiger partial charge >= 0.3 is 12.3 Å². The maximum absolute atomic E-state index is 10.2. The molecule has 0 aliphatic rings. The van der Waals surface area contributed by atoms with E-state index in [2.05, 4.69) is 31.1 Å². The van der Waals surface area contributed by atoms with E-state index in [-0.39, 0.29) is 13.2 Å². The molecule has 0 atom stereocenters. The first-order valence-corrected chi connectivity index (χ1v) is 17.2. The minimum absolute atomic E-state index is 0.117. The lowest BCUT2D eigenvalue weighted by Gasteiger charge is -2.05. The summed E-state index contributed by atoms with van der Waals surface area (Å²) >= 11 is 0. The van der Waals surface area contributed by atoms with Gasteiger partial charge in [-0.1, -0.05) is 111 Å². The first-order valence-electron chi connectivity index (χ1n) is 14.7. The zero-order valence-corrected chi connectivity index (χ0v) is 25.2. The lowest BCUT2D eigenvalue weighted by atomic mass is 10.1. The molecule has 38 heavy (non-hydrogen) atoms. The van der Waals surface area contributed by atoms with Crippen molar-refractivity contribution in [2.75, 3.05) is 51.1 Å². The summed E-state index contributed by atoms with van der Waals surface area (Å²) in [6, 6.07) is 0. The fourth-order valence-corrected chi connectivity index (χ4v) is 6.20. The molecule has 0 aromatic heterocycles. The molecule has 226 valence electrons. The van der Waals surface area contributed by atoms with E-state index in [1.165, 1.54) is 114 Å². The van der Waals surface area contributed by atoms with Crippen LogP contribution in [0.1, 0.15) is 116 Å². The molecule has 0 aliphatic heterocycles. The van der Waals surface area contributed by atoms with Crippen LogP contribution in [0.25, 0.3) is 0 Å². The van der Waals surface area contributed by atoms with Crippen LogP contribution in [0.3, 0.4) is 0 Å². The van der Waals surface area contributed by atoms with E-state index in [0.717, 1.165) is 12.8 Å². The van der Waals surface area contributed by atoms with Gasteiger partial charge in [-0.3, -0.25) is 0 Å². The average molecular weight is 583 g/mol. The summed E-state index contributed by atoms with van der Waals surface area (Å²) in [6.45, 7) is 2.31. The van der Waals surface area contributed by atoms with Crippen LogP contribution < -0.4 is 0 Å². The van der Waals surface area contributed by atoms with E-state index < -0.39 is 12.3 Å². The summed E-state index contributed by atoms with van der Waals surface area (Å²) < 4.78 is 19.4. The first-order chi connectivity index (χ1) is 18.6. The largest absolute Gasteiger partial charge is 0.505 e. The Kier molecular flexibility index (Phi) is 31.7. The van der Waals surface area contributed by atoms with Crippen molar-refractivity contribution < 1.29 is 38.7 Å². The second kappa shape index (κ2) is 32.4. The van der Waals surface area contributed by atoms with Gasteiger partial charge in [0.2, 0.25) is 0 Å². The molecular weight excluding hydrogens is 528 g/mol. The monoisotopic (exact) mass is 582 g/mol. The fourth-order valence-electron chi connectivity index (χ4n) is 3.90. The average Bonchev–Trinajstić information content (AvgIpc) is 2.89. The molecule has 0 rings (SSSR count). The third kappa shape index (κ3) is 35.2. The van der Waals surface area contributed by atoms with E-state index in [0.29, 0.717) is 26.4 Å². The summed E-state index contributed by atoms with van der Waals surface area (Å²) in [5, 5.41) is 16.7. The van der Waals surface area contributed by atoms with E-state index in [1.807, 2.05) is 0 Å². The molecule has 0 spiro atoms. The minimum Gasteiger partial charge on any atom is -0.450 e. The number of carbonyl (C=O) groups is 2. The van der Waals surface area contributed by atoms with Gasteiger partial charge in [0, 0.05) is 24.7 Å². The third-order valence-corrected chi connectivity index (χ3v) is 8.60. The summed E-state index contributed by atoms with van der Waals surface area (Å²) in [4.78, 5) is 20.4. The third-order valence-electron chi connectivity index (χ3n) is 6.02. The Hall–Kier alpha value is -0.840. The highest BCUT2D eigenvalue weighted by Crippen LogP contribution is 2.25. The first kappa shape index (κ1) is 37.2. The summed E-state index contributed by atoms with van der Waals surface area (Å²) in [6.07, 6.45) is 20.5. The van der Waals surface area contributed by atoms with Crippen molar-refractivity contribution in [2.45, 2.75) is 116 Å². The summed E-state index contributed by atoms with van der Waals surface area (Å²) in [5.74, 6) is 2.56. The van der Waals surface area contributed by atoms with Crippen molar-refractivity contribution in [3.8, 4) is 0 Å². The molecule has 0 heterocycles. The molecule has 0 amide bonds. The Morgan fingerprint density at radius 2 is 0.684 bits per heavy atom. The Balaban J connectivity index is 3.04. The maximum atomic E-state index is 10.2. The number of rotatable bonds is 31. The van der Waals surface area contributed by atoms with Gasteiger partial charge in [-0.15, -0.1) is 0 Å². The molecule has 2 N–H and O–H groups in total. The topological polar surface area (TPSA) is 112 Å². The van der Waals surface area contributed by atoms with Crippen molar-refractivity contribution in [3.05, 3.63) is 0 Å². The Morgan fingerprint density at radius 3 is 1.00 bits per heavy atom. The van der Waals surface area contributed by atoms with Gasteiger partial charge in [0.15, 0.2) is 0 Å². The number of ether oxygens (including phenoxy) is 4. The van der Waals surface area contributed by atoms with Gasteiger partial charge in [0.1, 0.15) is 13.2 Å². The number of unbranched alkanes of at least 4 members (excludes halogenated alkanes) is 16. The van der Waals surface area contributed by atoms with E-state index in [4.69, 9.17) is 19.7 Å². The Morgan fingerprint density at radius 1 is 0.395 bits per heavy atom. The Bertz CT molecular complexity index is 467. The van der Waals surface area contributed by atoms with E-state index in [1.54, 1.807) is 0 Å². The van der Waals surface area contributed by atoms with Crippen molar-refractivity contribution in [1.82, 2.24) is 0 Å². The smallest absolute Gasteiger partial charge is 0.450 e. The highest BCUT2D eigenvalue weighted by atomic mass is 33.1. The van der Waals surface area contributed by atoms with Crippen LogP contribution in [-0.4, -0.2) is 73.7 Å². The molecule has 8 nitrogen and oxygen atoms in total. The van der Waals surface area contributed by atoms with Crippen molar-refractivity contribution in [3.63, 3.8) is 0 Å². The van der Waals surface area contributed by atoms with Crippen LogP contribution in [0, 0.1) is 0 Å². The number of carboxylic acid groups (broad SMARTS) is 2. The van der Waals surface area contributed by atoms with Crippen LogP contribution in [0.15, 0.2) is 0 Å². The molecule has 0 bridgehead atoms. The van der Waals surface area contributed by atoms with E-state index >= 15 is 0 Å². The lowest BCUT2D eigenvalue weighted by Crippen LogP contribution is -2.08. The molecule has 0 aliphatic carbocycles. The van der Waals surface area contributed by atoms with Crippen LogP contribution in [0.4, 0.5) is 9.59 Å². The van der Waals surface area contributed by atoms with Gasteiger partial charge in [-0.05, 0) is 25.7 Å². The van der Waals surface area contributed by atoms with Gasteiger partial charge in [-0.25, -0.2) is 9.59 Å². The Labute approximate surface area is 239 Å². The standard InChI is InChI=1S/C28H54O8S2/c29-27(30)35-23-21-33-19-15-11-7-3-1-5-9-13-17-25-37-38-26-18-14-10-6-2-4-8-12-16-20-34-22-24-36-28(31)32/h1-26H2,(H,29,30)(H,31,32). The second-order valence-electron chi connectivity index (χ2n) is 9.46. The minimum atomic E-state index is -1.24. The zero-order valence-electron chi connectivity index (χ0n) is 23.5. The van der Waals surface area contributed by atoms with Gasteiger partial charge in [-0.2, -0.15) is 0 Å². The molecule has 0 unspecified atom stereocenters. The highest BCUT2D eigenvalue weighted by molar-refractivity contribution is 8.76.